The van der Waals surface area contributed by atoms with Crippen LogP contribution in [0.5, 0.6) is 0 Å². The van der Waals surface area contributed by atoms with Crippen LogP contribution in [0.4, 0.5) is 10.2 Å². The molecule has 0 N–H and O–H groups in total. The molecule has 3 heterocycles. The maximum absolute atomic E-state index is 13.4. The van der Waals surface area contributed by atoms with E-state index in [-0.39, 0.29) is 11.2 Å². The molecule has 0 spiro atoms. The van der Waals surface area contributed by atoms with Gasteiger partial charge in [0, 0.05) is 30.1 Å². The molecule has 142 valence electrons. The third-order valence-corrected chi connectivity index (χ3v) is 5.33. The lowest BCUT2D eigenvalue weighted by Crippen LogP contribution is -2.32. The Hall–Kier alpha value is -2.43. The van der Waals surface area contributed by atoms with Gasteiger partial charge in [0.2, 0.25) is 0 Å². The summed E-state index contributed by atoms with van der Waals surface area (Å²) >= 11 is 0. The molecular formula is C22H27FN4. The van der Waals surface area contributed by atoms with E-state index in [9.17, 15) is 4.39 Å². The third kappa shape index (κ3) is 3.31. The van der Waals surface area contributed by atoms with Crippen molar-refractivity contribution in [1.29, 1.82) is 0 Å². The van der Waals surface area contributed by atoms with Crippen LogP contribution in [0.1, 0.15) is 51.4 Å². The molecule has 1 aliphatic rings. The van der Waals surface area contributed by atoms with Gasteiger partial charge in [-0.2, -0.15) is 9.61 Å². The molecule has 1 aliphatic heterocycles. The van der Waals surface area contributed by atoms with Crippen LogP contribution < -0.4 is 4.90 Å². The van der Waals surface area contributed by atoms with Crippen molar-refractivity contribution in [3.05, 3.63) is 47.5 Å². The second-order valence-electron chi connectivity index (χ2n) is 8.50. The zero-order valence-electron chi connectivity index (χ0n) is 16.6. The molecule has 4 rings (SSSR count). The molecule has 1 aromatic carbocycles. The van der Waals surface area contributed by atoms with Gasteiger partial charge in [-0.1, -0.05) is 32.9 Å². The van der Waals surface area contributed by atoms with Crippen molar-refractivity contribution in [2.75, 3.05) is 18.0 Å². The van der Waals surface area contributed by atoms with Gasteiger partial charge < -0.3 is 4.90 Å². The first kappa shape index (κ1) is 18.0. The first-order valence-corrected chi connectivity index (χ1v) is 9.76. The van der Waals surface area contributed by atoms with Crippen LogP contribution in [-0.4, -0.2) is 27.7 Å². The van der Waals surface area contributed by atoms with Crippen LogP contribution in [0.2, 0.25) is 0 Å². The number of piperidine rings is 1. The van der Waals surface area contributed by atoms with Gasteiger partial charge in [0.15, 0.2) is 5.65 Å². The van der Waals surface area contributed by atoms with Crippen molar-refractivity contribution in [1.82, 2.24) is 14.6 Å². The number of fused-ring (bicyclic) bond motifs is 1. The van der Waals surface area contributed by atoms with E-state index in [0.717, 1.165) is 47.1 Å². The molecule has 4 nitrogen and oxygen atoms in total. The van der Waals surface area contributed by atoms with Gasteiger partial charge in [-0.15, -0.1) is 0 Å². The summed E-state index contributed by atoms with van der Waals surface area (Å²) in [6.07, 6.45) is 3.70. The summed E-state index contributed by atoms with van der Waals surface area (Å²) in [4.78, 5) is 7.43. The van der Waals surface area contributed by atoms with E-state index in [1.165, 1.54) is 31.4 Å². The Balaban J connectivity index is 1.97. The number of hydrogen-bond acceptors (Lipinski definition) is 3. The first-order valence-electron chi connectivity index (χ1n) is 9.76. The molecule has 2 aromatic heterocycles. The van der Waals surface area contributed by atoms with E-state index in [2.05, 4.69) is 31.7 Å². The fraction of sp³-hybridized carbons (Fsp3) is 0.455. The van der Waals surface area contributed by atoms with Gasteiger partial charge in [0.05, 0.1) is 11.4 Å². The van der Waals surface area contributed by atoms with E-state index in [4.69, 9.17) is 10.1 Å². The minimum absolute atomic E-state index is 0.0650. The van der Waals surface area contributed by atoms with Crippen molar-refractivity contribution in [2.24, 2.45) is 0 Å². The molecule has 5 heteroatoms. The fourth-order valence-electron chi connectivity index (χ4n) is 3.79. The number of anilines is 1. The predicted molar refractivity (Wildman–Crippen MR) is 108 cm³/mol. The zero-order valence-corrected chi connectivity index (χ0v) is 16.6. The lowest BCUT2D eigenvalue weighted by Gasteiger charge is -2.30. The number of aryl methyl sites for hydroxylation is 1. The molecule has 3 aromatic rings. The number of halogens is 1. The molecule has 1 fully saturated rings. The number of benzene rings is 1. The average Bonchev–Trinajstić information content (AvgIpc) is 2.97. The molecule has 0 radical (unpaired) electrons. The minimum Gasteiger partial charge on any atom is -0.356 e. The van der Waals surface area contributed by atoms with E-state index in [1.807, 2.05) is 23.6 Å². The Morgan fingerprint density at radius 1 is 1.00 bits per heavy atom. The van der Waals surface area contributed by atoms with E-state index >= 15 is 0 Å². The molecule has 0 aliphatic carbocycles. The molecule has 1 saturated heterocycles. The SMILES string of the molecule is Cc1nn2c(N3CCCCC3)cc(C(C)(C)C)nc2c1-c1ccc(F)cc1. The largest absolute Gasteiger partial charge is 0.356 e. The maximum Gasteiger partial charge on any atom is 0.165 e. The van der Waals surface area contributed by atoms with Gasteiger partial charge in [0.25, 0.3) is 0 Å². The van der Waals surface area contributed by atoms with Gasteiger partial charge in [-0.3, -0.25) is 0 Å². The van der Waals surface area contributed by atoms with Crippen LogP contribution in [0.15, 0.2) is 30.3 Å². The molecule has 0 saturated carbocycles. The number of nitrogens with zero attached hydrogens (tertiary/aromatic N) is 4. The standard InChI is InChI=1S/C22H27FN4/c1-15-20(16-8-10-17(23)11-9-16)21-24-18(22(2,3)4)14-19(27(21)25-15)26-12-6-5-7-13-26/h8-11,14H,5-7,12-13H2,1-4H3. The van der Waals surface area contributed by atoms with Crippen LogP contribution >= 0.6 is 0 Å². The molecule has 0 amide bonds. The van der Waals surface area contributed by atoms with Gasteiger partial charge in [-0.05, 0) is 43.9 Å². The van der Waals surface area contributed by atoms with Gasteiger partial charge in [0.1, 0.15) is 11.6 Å². The van der Waals surface area contributed by atoms with Crippen molar-refractivity contribution < 1.29 is 4.39 Å². The Morgan fingerprint density at radius 3 is 2.30 bits per heavy atom. The van der Waals surface area contributed by atoms with Gasteiger partial charge in [-0.25, -0.2) is 9.37 Å². The third-order valence-electron chi connectivity index (χ3n) is 5.33. The molecular weight excluding hydrogens is 339 g/mol. The van der Waals surface area contributed by atoms with E-state index < -0.39 is 0 Å². The lowest BCUT2D eigenvalue weighted by molar-refractivity contribution is 0.553. The molecule has 27 heavy (non-hydrogen) atoms. The monoisotopic (exact) mass is 366 g/mol. The normalized spacial score (nSPS) is 15.5. The zero-order chi connectivity index (χ0) is 19.2. The topological polar surface area (TPSA) is 33.4 Å². The number of rotatable bonds is 2. The predicted octanol–water partition coefficient (Wildman–Crippen LogP) is 5.13. The summed E-state index contributed by atoms with van der Waals surface area (Å²) in [6, 6.07) is 8.81. The summed E-state index contributed by atoms with van der Waals surface area (Å²) in [5, 5.41) is 4.83. The van der Waals surface area contributed by atoms with Crippen LogP contribution in [0.25, 0.3) is 16.8 Å². The number of aromatic nitrogens is 3. The average molecular weight is 366 g/mol. The summed E-state index contributed by atoms with van der Waals surface area (Å²) in [7, 11) is 0. The van der Waals surface area contributed by atoms with E-state index in [1.54, 1.807) is 0 Å². The first-order chi connectivity index (χ1) is 12.8. The second-order valence-corrected chi connectivity index (χ2v) is 8.50. The lowest BCUT2D eigenvalue weighted by atomic mass is 9.91. The van der Waals surface area contributed by atoms with E-state index in [0.29, 0.717) is 0 Å². The van der Waals surface area contributed by atoms with Crippen molar-refractivity contribution in [2.45, 2.75) is 52.4 Å². The Kier molecular flexibility index (Phi) is 4.41. The smallest absolute Gasteiger partial charge is 0.165 e. The molecule has 0 atom stereocenters. The highest BCUT2D eigenvalue weighted by atomic mass is 19.1. The minimum atomic E-state index is -0.231. The van der Waals surface area contributed by atoms with Crippen molar-refractivity contribution in [3.8, 4) is 11.1 Å². The Bertz CT molecular complexity index is 961. The quantitative estimate of drug-likeness (QED) is 0.630. The highest BCUT2D eigenvalue weighted by Crippen LogP contribution is 2.33. The van der Waals surface area contributed by atoms with Crippen molar-refractivity contribution in [3.63, 3.8) is 0 Å². The number of hydrogen-bond donors (Lipinski definition) is 0. The summed E-state index contributed by atoms with van der Waals surface area (Å²) in [6.45, 7) is 10.7. The Labute approximate surface area is 160 Å². The second kappa shape index (κ2) is 6.63. The Morgan fingerprint density at radius 2 is 1.67 bits per heavy atom. The van der Waals surface area contributed by atoms with Crippen LogP contribution in [0, 0.1) is 12.7 Å². The fourth-order valence-corrected chi connectivity index (χ4v) is 3.79. The summed E-state index contributed by atoms with van der Waals surface area (Å²) in [5.74, 6) is 0.881. The van der Waals surface area contributed by atoms with Crippen LogP contribution in [-0.2, 0) is 5.41 Å². The highest BCUT2D eigenvalue weighted by molar-refractivity contribution is 5.81. The summed E-state index contributed by atoms with van der Waals surface area (Å²) < 4.78 is 15.4. The molecule has 0 bridgehead atoms. The van der Waals surface area contributed by atoms with Gasteiger partial charge >= 0.3 is 0 Å². The maximum atomic E-state index is 13.4. The van der Waals surface area contributed by atoms with Crippen LogP contribution in [0.3, 0.4) is 0 Å². The highest BCUT2D eigenvalue weighted by Gasteiger charge is 2.24. The van der Waals surface area contributed by atoms with Crippen molar-refractivity contribution >= 4 is 11.5 Å². The molecule has 0 unspecified atom stereocenters. The summed E-state index contributed by atoms with van der Waals surface area (Å²) in [5.41, 5.74) is 4.70.